The van der Waals surface area contributed by atoms with E-state index in [1.54, 1.807) is 35.2 Å². The van der Waals surface area contributed by atoms with Crippen LogP contribution in [0.15, 0.2) is 42.5 Å². The van der Waals surface area contributed by atoms with E-state index >= 15 is 0 Å². The number of likely N-dealkylation sites (tertiary alicyclic amines) is 1. The monoisotopic (exact) mass is 405 g/mol. The van der Waals surface area contributed by atoms with Crippen LogP contribution >= 0.6 is 0 Å². The topological polar surface area (TPSA) is 74.7 Å². The number of halogens is 1. The third-order valence-electron chi connectivity index (χ3n) is 4.99. The van der Waals surface area contributed by atoms with Gasteiger partial charge in [-0.3, -0.25) is 4.79 Å². The van der Waals surface area contributed by atoms with Crippen molar-refractivity contribution in [1.82, 2.24) is 4.90 Å². The second-order valence-corrected chi connectivity index (χ2v) is 9.58. The van der Waals surface area contributed by atoms with Crippen LogP contribution in [0.25, 0.3) is 11.1 Å². The Morgan fingerprint density at radius 3 is 2.71 bits per heavy atom. The number of amides is 1. The highest BCUT2D eigenvalue weighted by Gasteiger charge is 2.27. The second kappa shape index (κ2) is 8.41. The van der Waals surface area contributed by atoms with Gasteiger partial charge in [0.2, 0.25) is 0 Å². The highest BCUT2D eigenvalue weighted by molar-refractivity contribution is 7.90. The van der Waals surface area contributed by atoms with E-state index in [1.165, 1.54) is 18.4 Å². The number of hydrogen-bond acceptors (Lipinski definition) is 4. The van der Waals surface area contributed by atoms with Crippen molar-refractivity contribution in [2.45, 2.75) is 19.4 Å². The minimum atomic E-state index is -3.12. The van der Waals surface area contributed by atoms with E-state index in [9.17, 15) is 22.7 Å². The fraction of sp³-hybridized carbons (Fsp3) is 0.381. The molecular formula is C21H24FNO4S. The van der Waals surface area contributed by atoms with Crippen molar-refractivity contribution in [1.29, 1.82) is 0 Å². The van der Waals surface area contributed by atoms with E-state index in [0.29, 0.717) is 29.8 Å². The van der Waals surface area contributed by atoms with E-state index in [-0.39, 0.29) is 29.7 Å². The lowest BCUT2D eigenvalue weighted by Crippen LogP contribution is -2.41. The number of carbonyl (C=O) groups is 1. The molecule has 1 N–H and O–H groups in total. The number of sulfone groups is 1. The van der Waals surface area contributed by atoms with Gasteiger partial charge in [-0.05, 0) is 53.6 Å². The molecular weight excluding hydrogens is 381 g/mol. The number of rotatable bonds is 5. The molecule has 1 unspecified atom stereocenters. The molecule has 1 aliphatic rings. The maximum Gasteiger partial charge on any atom is 0.253 e. The van der Waals surface area contributed by atoms with E-state index < -0.39 is 15.7 Å². The van der Waals surface area contributed by atoms with Crippen LogP contribution in [-0.4, -0.2) is 49.4 Å². The highest BCUT2D eigenvalue weighted by Crippen LogP contribution is 2.27. The summed E-state index contributed by atoms with van der Waals surface area (Å²) in [4.78, 5) is 14.6. The number of carbonyl (C=O) groups excluding carboxylic acids is 1. The van der Waals surface area contributed by atoms with E-state index in [4.69, 9.17) is 0 Å². The Labute approximate surface area is 164 Å². The van der Waals surface area contributed by atoms with Crippen LogP contribution in [0.1, 0.15) is 28.8 Å². The zero-order valence-electron chi connectivity index (χ0n) is 15.8. The number of aliphatic hydroxyl groups excluding tert-OH is 1. The lowest BCUT2D eigenvalue weighted by Gasteiger charge is -2.32. The lowest BCUT2D eigenvalue weighted by atomic mass is 9.96. The number of aliphatic hydroxyl groups is 1. The Balaban J connectivity index is 1.87. The average Bonchev–Trinajstić information content (AvgIpc) is 2.65. The first-order valence-corrected chi connectivity index (χ1v) is 11.3. The summed E-state index contributed by atoms with van der Waals surface area (Å²) < 4.78 is 37.4. The molecule has 0 aliphatic carbocycles. The molecule has 2 aromatic carbocycles. The molecule has 0 aromatic heterocycles. The molecule has 0 bridgehead atoms. The van der Waals surface area contributed by atoms with Crippen LogP contribution in [0, 0.1) is 11.7 Å². The van der Waals surface area contributed by atoms with Crippen LogP contribution in [0.2, 0.25) is 0 Å². The SMILES string of the molecule is CS(=O)(=O)CC1CCCN(C(=O)c2cc(F)cc(-c3ccccc3CO)c2)C1. The van der Waals surface area contributed by atoms with E-state index in [0.717, 1.165) is 12.8 Å². The molecule has 0 radical (unpaired) electrons. The molecule has 2 aromatic rings. The van der Waals surface area contributed by atoms with Crippen LogP contribution < -0.4 is 0 Å². The van der Waals surface area contributed by atoms with Gasteiger partial charge in [-0.25, -0.2) is 12.8 Å². The average molecular weight is 405 g/mol. The van der Waals surface area contributed by atoms with Crippen LogP contribution in [0.5, 0.6) is 0 Å². The van der Waals surface area contributed by atoms with Gasteiger partial charge in [-0.15, -0.1) is 0 Å². The molecule has 0 spiro atoms. The van der Waals surface area contributed by atoms with Crippen molar-refractivity contribution in [2.75, 3.05) is 25.1 Å². The van der Waals surface area contributed by atoms with Crippen LogP contribution in [0.3, 0.4) is 0 Å². The molecule has 1 aliphatic heterocycles. The molecule has 150 valence electrons. The largest absolute Gasteiger partial charge is 0.392 e. The van der Waals surface area contributed by atoms with Gasteiger partial charge in [0, 0.05) is 24.9 Å². The van der Waals surface area contributed by atoms with Gasteiger partial charge >= 0.3 is 0 Å². The van der Waals surface area contributed by atoms with E-state index in [2.05, 4.69) is 0 Å². The summed E-state index contributed by atoms with van der Waals surface area (Å²) in [5.41, 5.74) is 2.07. The standard InChI is InChI=1S/C21H24FNO4S/c1-28(26,27)14-15-5-4-8-23(12-15)21(25)18-9-17(10-19(22)11-18)20-7-3-2-6-16(20)13-24/h2-3,6-7,9-11,15,24H,4-5,8,12-14H2,1H3. The molecule has 7 heteroatoms. The summed E-state index contributed by atoms with van der Waals surface area (Å²) in [5, 5.41) is 9.54. The first kappa shape index (κ1) is 20.5. The molecule has 28 heavy (non-hydrogen) atoms. The smallest absolute Gasteiger partial charge is 0.253 e. The third kappa shape index (κ3) is 4.97. The Kier molecular flexibility index (Phi) is 6.15. The van der Waals surface area contributed by atoms with Crippen LogP contribution in [-0.2, 0) is 16.4 Å². The summed E-state index contributed by atoms with van der Waals surface area (Å²) in [6, 6.07) is 11.3. The Hall–Kier alpha value is -2.25. The third-order valence-corrected chi connectivity index (χ3v) is 6.07. The predicted octanol–water partition coefficient (Wildman–Crippen LogP) is 2.88. The highest BCUT2D eigenvalue weighted by atomic mass is 32.2. The Morgan fingerprint density at radius 2 is 2.00 bits per heavy atom. The normalized spacial score (nSPS) is 17.5. The number of hydrogen-bond donors (Lipinski definition) is 1. The fourth-order valence-corrected chi connectivity index (χ4v) is 4.93. The zero-order valence-corrected chi connectivity index (χ0v) is 16.6. The molecule has 1 amide bonds. The Bertz CT molecular complexity index is 974. The van der Waals surface area contributed by atoms with Crippen molar-refractivity contribution in [3.05, 3.63) is 59.4 Å². The van der Waals surface area contributed by atoms with E-state index in [1.807, 2.05) is 0 Å². The van der Waals surface area contributed by atoms with Crippen molar-refractivity contribution in [2.24, 2.45) is 5.92 Å². The van der Waals surface area contributed by atoms with Crippen molar-refractivity contribution in [3.63, 3.8) is 0 Å². The predicted molar refractivity (Wildman–Crippen MR) is 106 cm³/mol. The van der Waals surface area contributed by atoms with Gasteiger partial charge in [0.15, 0.2) is 0 Å². The summed E-state index contributed by atoms with van der Waals surface area (Å²) in [5.74, 6) is -0.885. The molecule has 1 atom stereocenters. The van der Waals surface area contributed by atoms with Crippen molar-refractivity contribution >= 4 is 15.7 Å². The van der Waals surface area contributed by atoms with Crippen molar-refractivity contribution < 1.29 is 22.7 Å². The molecule has 1 heterocycles. The van der Waals surface area contributed by atoms with Gasteiger partial charge < -0.3 is 10.0 Å². The summed E-state index contributed by atoms with van der Waals surface area (Å²) in [7, 11) is -3.12. The maximum atomic E-state index is 14.3. The molecule has 1 saturated heterocycles. The van der Waals surface area contributed by atoms with Gasteiger partial charge in [0.25, 0.3) is 5.91 Å². The van der Waals surface area contributed by atoms with Gasteiger partial charge in [-0.1, -0.05) is 24.3 Å². The van der Waals surface area contributed by atoms with Crippen LogP contribution in [0.4, 0.5) is 4.39 Å². The molecule has 0 saturated carbocycles. The summed E-state index contributed by atoms with van der Waals surface area (Å²) >= 11 is 0. The van der Waals surface area contributed by atoms with Crippen molar-refractivity contribution in [3.8, 4) is 11.1 Å². The Morgan fingerprint density at radius 1 is 1.25 bits per heavy atom. The minimum absolute atomic E-state index is 0.0507. The molecule has 5 nitrogen and oxygen atoms in total. The maximum absolute atomic E-state index is 14.3. The number of piperidine rings is 1. The quantitative estimate of drug-likeness (QED) is 0.830. The number of nitrogens with zero attached hydrogens (tertiary/aromatic N) is 1. The second-order valence-electron chi connectivity index (χ2n) is 7.40. The lowest BCUT2D eigenvalue weighted by molar-refractivity contribution is 0.0684. The first-order valence-electron chi connectivity index (χ1n) is 9.23. The van der Waals surface area contributed by atoms with Gasteiger partial charge in [0.05, 0.1) is 12.4 Å². The van der Waals surface area contributed by atoms with Gasteiger partial charge in [-0.2, -0.15) is 0 Å². The van der Waals surface area contributed by atoms with Gasteiger partial charge in [0.1, 0.15) is 15.7 Å². The minimum Gasteiger partial charge on any atom is -0.392 e. The number of benzene rings is 2. The fourth-order valence-electron chi connectivity index (χ4n) is 3.80. The molecule has 1 fully saturated rings. The first-order chi connectivity index (χ1) is 13.3. The zero-order chi connectivity index (χ0) is 20.3. The summed E-state index contributed by atoms with van der Waals surface area (Å²) in [6.45, 7) is 0.693. The summed E-state index contributed by atoms with van der Waals surface area (Å²) in [6.07, 6.45) is 2.68. The molecule has 3 rings (SSSR count).